The van der Waals surface area contributed by atoms with Crippen molar-refractivity contribution in [1.29, 1.82) is 0 Å². The van der Waals surface area contributed by atoms with Gasteiger partial charge in [-0.15, -0.1) is 0 Å². The van der Waals surface area contributed by atoms with Crippen molar-refractivity contribution in [2.75, 3.05) is 11.1 Å². The maximum atomic E-state index is 5.76. The highest BCUT2D eigenvalue weighted by Crippen LogP contribution is 2.27. The summed E-state index contributed by atoms with van der Waals surface area (Å²) in [5.74, 6) is 1.49. The minimum absolute atomic E-state index is 0.706. The number of hydrogen-bond donors (Lipinski definition) is 4. The molecule has 98 valence electrons. The Morgan fingerprint density at radius 3 is 2.40 bits per heavy atom. The highest BCUT2D eigenvalue weighted by atomic mass is 15.2. The molecule has 5 N–H and O–H groups in total. The lowest BCUT2D eigenvalue weighted by molar-refractivity contribution is 1.09. The molecule has 0 saturated carbocycles. The molecule has 4 rings (SSSR count). The summed E-state index contributed by atoms with van der Waals surface area (Å²) in [4.78, 5) is 0. The van der Waals surface area contributed by atoms with Crippen molar-refractivity contribution in [2.45, 2.75) is 0 Å². The van der Waals surface area contributed by atoms with Crippen LogP contribution in [0, 0.1) is 0 Å². The molecule has 0 saturated heterocycles. The molecule has 6 heteroatoms. The van der Waals surface area contributed by atoms with Crippen molar-refractivity contribution in [3.8, 4) is 0 Å². The molecule has 0 aliphatic heterocycles. The van der Waals surface area contributed by atoms with Crippen LogP contribution in [0.15, 0.2) is 42.5 Å². The Hall–Kier alpha value is -3.02. The van der Waals surface area contributed by atoms with Gasteiger partial charge in [0, 0.05) is 16.5 Å². The molecule has 0 spiro atoms. The Morgan fingerprint density at radius 1 is 0.850 bits per heavy atom. The van der Waals surface area contributed by atoms with E-state index in [0.29, 0.717) is 5.69 Å². The van der Waals surface area contributed by atoms with Gasteiger partial charge in [-0.1, -0.05) is 12.1 Å². The number of nitrogens with one attached hydrogen (secondary N) is 3. The Kier molecular flexibility index (Phi) is 2.17. The number of nitrogen functional groups attached to an aromatic ring is 1. The third-order valence-electron chi connectivity index (χ3n) is 3.29. The van der Waals surface area contributed by atoms with Gasteiger partial charge >= 0.3 is 0 Å². The lowest BCUT2D eigenvalue weighted by Crippen LogP contribution is -1.92. The monoisotopic (exact) mass is 264 g/mol. The van der Waals surface area contributed by atoms with Gasteiger partial charge in [0.15, 0.2) is 11.6 Å². The first-order chi connectivity index (χ1) is 9.81. The van der Waals surface area contributed by atoms with E-state index >= 15 is 0 Å². The standard InChI is InChI=1S/C14H12N6/c15-8-5-6-10-12(7-8)18-20-14(10)16-13-9-3-1-2-4-11(9)17-19-13/h1-7H,15H2,(H3,16,17,18,19,20). The number of aromatic amines is 2. The maximum absolute atomic E-state index is 5.76. The van der Waals surface area contributed by atoms with Crippen molar-refractivity contribution in [3.05, 3.63) is 42.5 Å². The normalized spacial score (nSPS) is 11.2. The fraction of sp³-hybridized carbons (Fsp3) is 0. The Bertz CT molecular complexity index is 904. The number of aromatic nitrogens is 4. The van der Waals surface area contributed by atoms with Crippen LogP contribution >= 0.6 is 0 Å². The largest absolute Gasteiger partial charge is 0.399 e. The van der Waals surface area contributed by atoms with Gasteiger partial charge in [-0.3, -0.25) is 10.2 Å². The van der Waals surface area contributed by atoms with Crippen molar-refractivity contribution >= 4 is 39.1 Å². The number of rotatable bonds is 2. The van der Waals surface area contributed by atoms with Gasteiger partial charge in [-0.2, -0.15) is 10.2 Å². The molecule has 0 aliphatic rings. The van der Waals surface area contributed by atoms with E-state index < -0.39 is 0 Å². The zero-order valence-corrected chi connectivity index (χ0v) is 10.5. The average molecular weight is 264 g/mol. The van der Waals surface area contributed by atoms with E-state index in [9.17, 15) is 0 Å². The molecule has 2 aromatic heterocycles. The molecule has 0 atom stereocenters. The van der Waals surface area contributed by atoms with Crippen LogP contribution in [0.1, 0.15) is 0 Å². The van der Waals surface area contributed by atoms with E-state index in [0.717, 1.165) is 33.4 Å². The van der Waals surface area contributed by atoms with Gasteiger partial charge < -0.3 is 11.1 Å². The minimum atomic E-state index is 0.706. The van der Waals surface area contributed by atoms with E-state index in [2.05, 4.69) is 25.7 Å². The van der Waals surface area contributed by atoms with Crippen molar-refractivity contribution < 1.29 is 0 Å². The third kappa shape index (κ3) is 1.58. The van der Waals surface area contributed by atoms with Gasteiger partial charge in [0.25, 0.3) is 0 Å². The average Bonchev–Trinajstić information content (AvgIpc) is 3.04. The van der Waals surface area contributed by atoms with Gasteiger partial charge in [0.1, 0.15) is 0 Å². The van der Waals surface area contributed by atoms with Gasteiger partial charge in [-0.25, -0.2) is 0 Å². The summed E-state index contributed by atoms with van der Waals surface area (Å²) in [6.45, 7) is 0. The van der Waals surface area contributed by atoms with Crippen LogP contribution in [-0.2, 0) is 0 Å². The Labute approximate surface area is 114 Å². The molecule has 2 aromatic carbocycles. The summed E-state index contributed by atoms with van der Waals surface area (Å²) in [6, 6.07) is 13.6. The molecule has 2 heterocycles. The quantitative estimate of drug-likeness (QED) is 0.419. The number of para-hydroxylation sites is 1. The zero-order valence-electron chi connectivity index (χ0n) is 10.5. The van der Waals surface area contributed by atoms with E-state index in [1.165, 1.54) is 0 Å². The summed E-state index contributed by atoms with van der Waals surface area (Å²) in [5, 5.41) is 19.7. The summed E-state index contributed by atoms with van der Waals surface area (Å²) in [5.41, 5.74) is 8.35. The van der Waals surface area contributed by atoms with Gasteiger partial charge in [0.05, 0.1) is 11.0 Å². The topological polar surface area (TPSA) is 95.4 Å². The summed E-state index contributed by atoms with van der Waals surface area (Å²) >= 11 is 0. The van der Waals surface area contributed by atoms with Crippen LogP contribution in [0.5, 0.6) is 0 Å². The fourth-order valence-corrected chi connectivity index (χ4v) is 2.30. The maximum Gasteiger partial charge on any atom is 0.161 e. The van der Waals surface area contributed by atoms with E-state index in [-0.39, 0.29) is 0 Å². The van der Waals surface area contributed by atoms with E-state index in [1.54, 1.807) is 0 Å². The lowest BCUT2D eigenvalue weighted by Gasteiger charge is -2.00. The Morgan fingerprint density at radius 2 is 1.55 bits per heavy atom. The van der Waals surface area contributed by atoms with Crippen LogP contribution in [0.3, 0.4) is 0 Å². The number of nitrogens with two attached hydrogens (primary N) is 1. The SMILES string of the molecule is Nc1ccc2c(Nc3n[nH]c4ccccc34)n[nH]c2c1. The van der Waals surface area contributed by atoms with Crippen molar-refractivity contribution in [3.63, 3.8) is 0 Å². The van der Waals surface area contributed by atoms with Crippen LogP contribution < -0.4 is 11.1 Å². The second-order valence-corrected chi connectivity index (χ2v) is 4.62. The van der Waals surface area contributed by atoms with Crippen LogP contribution in [0.4, 0.5) is 17.3 Å². The predicted octanol–water partition coefficient (Wildman–Crippen LogP) is 2.77. The number of fused-ring (bicyclic) bond motifs is 2. The molecule has 6 nitrogen and oxygen atoms in total. The van der Waals surface area contributed by atoms with Gasteiger partial charge in [-0.05, 0) is 30.3 Å². The number of H-pyrrole nitrogens is 2. The molecule has 0 amide bonds. The first kappa shape index (κ1) is 10.9. The van der Waals surface area contributed by atoms with Crippen LogP contribution in [0.2, 0.25) is 0 Å². The first-order valence-corrected chi connectivity index (χ1v) is 6.25. The van der Waals surface area contributed by atoms with Crippen LogP contribution in [0.25, 0.3) is 21.8 Å². The van der Waals surface area contributed by atoms with Crippen LogP contribution in [-0.4, -0.2) is 20.4 Å². The van der Waals surface area contributed by atoms with E-state index in [4.69, 9.17) is 5.73 Å². The molecule has 20 heavy (non-hydrogen) atoms. The molecular formula is C14H12N6. The van der Waals surface area contributed by atoms with Crippen molar-refractivity contribution in [1.82, 2.24) is 20.4 Å². The Balaban J connectivity index is 1.81. The smallest absolute Gasteiger partial charge is 0.161 e. The second kappa shape index (κ2) is 3.99. The molecule has 0 fully saturated rings. The number of hydrogen-bond acceptors (Lipinski definition) is 4. The minimum Gasteiger partial charge on any atom is -0.399 e. The number of anilines is 3. The molecular weight excluding hydrogens is 252 g/mol. The number of benzene rings is 2. The zero-order chi connectivity index (χ0) is 13.5. The summed E-state index contributed by atoms with van der Waals surface area (Å²) < 4.78 is 0. The van der Waals surface area contributed by atoms with Crippen molar-refractivity contribution in [2.24, 2.45) is 0 Å². The molecule has 0 radical (unpaired) electrons. The molecule has 4 aromatic rings. The highest BCUT2D eigenvalue weighted by molar-refractivity contribution is 5.97. The molecule has 0 unspecified atom stereocenters. The van der Waals surface area contributed by atoms with E-state index in [1.807, 2.05) is 42.5 Å². The summed E-state index contributed by atoms with van der Waals surface area (Å²) in [7, 11) is 0. The van der Waals surface area contributed by atoms with Gasteiger partial charge in [0.2, 0.25) is 0 Å². The first-order valence-electron chi connectivity index (χ1n) is 6.25. The lowest BCUT2D eigenvalue weighted by atomic mass is 10.2. The molecule has 0 bridgehead atoms. The summed E-state index contributed by atoms with van der Waals surface area (Å²) in [6.07, 6.45) is 0. The molecule has 0 aliphatic carbocycles. The second-order valence-electron chi connectivity index (χ2n) is 4.62. The number of nitrogens with zero attached hydrogens (tertiary/aromatic N) is 2. The highest BCUT2D eigenvalue weighted by Gasteiger charge is 2.10. The third-order valence-corrected chi connectivity index (χ3v) is 3.29. The predicted molar refractivity (Wildman–Crippen MR) is 79.9 cm³/mol. The fourth-order valence-electron chi connectivity index (χ4n) is 2.30.